The zero-order valence-corrected chi connectivity index (χ0v) is 15.7. The van der Waals surface area contributed by atoms with Gasteiger partial charge in [-0.15, -0.1) is 23.1 Å². The number of rotatable bonds is 4. The molecule has 0 unspecified atom stereocenters. The van der Waals surface area contributed by atoms with Gasteiger partial charge in [-0.3, -0.25) is 4.79 Å². The molecule has 3 aromatic rings. The fourth-order valence-corrected chi connectivity index (χ4v) is 5.00. The van der Waals surface area contributed by atoms with E-state index in [2.05, 4.69) is 4.98 Å². The topological polar surface area (TPSA) is 55.0 Å². The lowest BCUT2D eigenvalue weighted by atomic mass is 10.2. The molecule has 0 amide bonds. The number of nitrogens with one attached hydrogen (secondary N) is 1. The van der Waals surface area contributed by atoms with Crippen molar-refractivity contribution in [1.82, 2.24) is 9.97 Å². The van der Waals surface area contributed by atoms with Crippen molar-refractivity contribution in [2.24, 2.45) is 0 Å². The fourth-order valence-electron chi connectivity index (χ4n) is 3.19. The first kappa shape index (κ1) is 16.4. The molecule has 4 nitrogen and oxygen atoms in total. The normalized spacial score (nSPS) is 14.1. The Morgan fingerprint density at radius 1 is 1.32 bits per heavy atom. The summed E-state index contributed by atoms with van der Waals surface area (Å²) in [5.74, 6) is 1.46. The Morgan fingerprint density at radius 2 is 2.12 bits per heavy atom. The summed E-state index contributed by atoms with van der Waals surface area (Å²) in [7, 11) is 1.65. The highest BCUT2D eigenvalue weighted by molar-refractivity contribution is 8.07. The maximum absolute atomic E-state index is 12.6. The van der Waals surface area contributed by atoms with Crippen molar-refractivity contribution < 1.29 is 4.74 Å². The number of thiophene rings is 1. The van der Waals surface area contributed by atoms with E-state index >= 15 is 0 Å². The van der Waals surface area contributed by atoms with E-state index in [9.17, 15) is 4.79 Å². The van der Waals surface area contributed by atoms with Crippen molar-refractivity contribution in [3.8, 4) is 5.75 Å². The number of benzene rings is 1. The van der Waals surface area contributed by atoms with E-state index in [4.69, 9.17) is 9.72 Å². The summed E-state index contributed by atoms with van der Waals surface area (Å²) in [5.41, 5.74) is 2.24. The van der Waals surface area contributed by atoms with E-state index in [0.29, 0.717) is 5.82 Å². The zero-order chi connectivity index (χ0) is 17.4. The SMILES string of the molecule is COc1ccc(/C=C(\SC)c2nc3sc4c(c3c(=O)[nH]2)CCC4)cc1. The van der Waals surface area contributed by atoms with Crippen LogP contribution in [-0.2, 0) is 12.8 Å². The van der Waals surface area contributed by atoms with Gasteiger partial charge < -0.3 is 9.72 Å². The van der Waals surface area contributed by atoms with Gasteiger partial charge in [0, 0.05) is 4.88 Å². The Morgan fingerprint density at radius 3 is 2.84 bits per heavy atom. The predicted molar refractivity (Wildman–Crippen MR) is 107 cm³/mol. The number of hydrogen-bond donors (Lipinski definition) is 1. The van der Waals surface area contributed by atoms with Crippen LogP contribution >= 0.6 is 23.1 Å². The largest absolute Gasteiger partial charge is 0.497 e. The molecule has 0 bridgehead atoms. The molecule has 6 heteroatoms. The summed E-state index contributed by atoms with van der Waals surface area (Å²) < 4.78 is 5.19. The van der Waals surface area contributed by atoms with Crippen LogP contribution in [0.15, 0.2) is 29.1 Å². The molecule has 1 aromatic carbocycles. The lowest BCUT2D eigenvalue weighted by Crippen LogP contribution is -2.11. The third-order valence-electron chi connectivity index (χ3n) is 4.44. The third kappa shape index (κ3) is 3.00. The molecule has 1 aliphatic carbocycles. The smallest absolute Gasteiger partial charge is 0.260 e. The number of hydrogen-bond acceptors (Lipinski definition) is 5. The van der Waals surface area contributed by atoms with Crippen LogP contribution in [0.2, 0.25) is 0 Å². The highest BCUT2D eigenvalue weighted by Gasteiger charge is 2.21. The van der Waals surface area contributed by atoms with Gasteiger partial charge >= 0.3 is 0 Å². The van der Waals surface area contributed by atoms with Crippen LogP contribution in [-0.4, -0.2) is 23.3 Å². The summed E-state index contributed by atoms with van der Waals surface area (Å²) in [4.78, 5) is 23.5. The molecule has 1 aliphatic rings. The number of thioether (sulfide) groups is 1. The van der Waals surface area contributed by atoms with Crippen molar-refractivity contribution in [1.29, 1.82) is 0 Å². The van der Waals surface area contributed by atoms with E-state index in [1.165, 1.54) is 10.4 Å². The molecule has 2 aromatic heterocycles. The summed E-state index contributed by atoms with van der Waals surface area (Å²) in [6.45, 7) is 0. The molecule has 0 aliphatic heterocycles. The van der Waals surface area contributed by atoms with Gasteiger partial charge in [0.2, 0.25) is 0 Å². The van der Waals surface area contributed by atoms with Gasteiger partial charge in [-0.2, -0.15) is 0 Å². The molecule has 25 heavy (non-hydrogen) atoms. The molecular weight excluding hydrogens is 352 g/mol. The number of fused-ring (bicyclic) bond motifs is 3. The van der Waals surface area contributed by atoms with Gasteiger partial charge in [0.15, 0.2) is 0 Å². The van der Waals surface area contributed by atoms with E-state index < -0.39 is 0 Å². The van der Waals surface area contributed by atoms with Crippen LogP contribution in [0.5, 0.6) is 5.75 Å². The lowest BCUT2D eigenvalue weighted by Gasteiger charge is -2.05. The van der Waals surface area contributed by atoms with Gasteiger partial charge in [-0.1, -0.05) is 12.1 Å². The van der Waals surface area contributed by atoms with Crippen molar-refractivity contribution in [3.63, 3.8) is 0 Å². The van der Waals surface area contributed by atoms with Crippen molar-refractivity contribution in [2.45, 2.75) is 19.3 Å². The van der Waals surface area contributed by atoms with Crippen molar-refractivity contribution in [2.75, 3.05) is 13.4 Å². The maximum atomic E-state index is 12.6. The van der Waals surface area contributed by atoms with Crippen LogP contribution in [0, 0.1) is 0 Å². The molecule has 4 rings (SSSR count). The van der Waals surface area contributed by atoms with Crippen molar-refractivity contribution >= 4 is 44.3 Å². The molecule has 0 atom stereocenters. The Balaban J connectivity index is 1.78. The molecular formula is C19H18N2O2S2. The third-order valence-corrected chi connectivity index (χ3v) is 6.38. The van der Waals surface area contributed by atoms with Gasteiger partial charge in [0.05, 0.1) is 17.4 Å². The number of methoxy groups -OCH3 is 1. The number of aryl methyl sites for hydroxylation is 2. The van der Waals surface area contributed by atoms with Crippen molar-refractivity contribution in [3.05, 3.63) is 56.4 Å². The second kappa shape index (κ2) is 6.69. The van der Waals surface area contributed by atoms with E-state index in [0.717, 1.165) is 45.7 Å². The molecule has 0 fully saturated rings. The maximum Gasteiger partial charge on any atom is 0.260 e. The Hall–Kier alpha value is -2.05. The average Bonchev–Trinajstić information content (AvgIpc) is 3.20. The molecule has 2 heterocycles. The summed E-state index contributed by atoms with van der Waals surface area (Å²) in [6.07, 6.45) is 7.24. The second-order valence-corrected chi connectivity index (χ2v) is 7.87. The van der Waals surface area contributed by atoms with Crippen LogP contribution < -0.4 is 10.3 Å². The minimum Gasteiger partial charge on any atom is -0.497 e. The molecule has 128 valence electrons. The molecule has 0 radical (unpaired) electrons. The predicted octanol–water partition coefficient (Wildman–Crippen LogP) is 4.34. The van der Waals surface area contributed by atoms with Gasteiger partial charge in [-0.05, 0) is 54.9 Å². The highest BCUT2D eigenvalue weighted by Crippen LogP contribution is 2.35. The molecule has 1 N–H and O–H groups in total. The number of aromatic amines is 1. The van der Waals surface area contributed by atoms with Crippen LogP contribution in [0.4, 0.5) is 0 Å². The summed E-state index contributed by atoms with van der Waals surface area (Å²) in [6, 6.07) is 7.83. The fraction of sp³-hybridized carbons (Fsp3) is 0.263. The second-order valence-electron chi connectivity index (χ2n) is 5.94. The standard InChI is InChI=1S/C19H18N2O2S2/c1-23-12-8-6-11(7-9-12)10-15(24-2)17-20-18(22)16-13-4-3-5-14(13)25-19(16)21-17/h6-10H,3-5H2,1-2H3,(H,20,21,22)/b15-10-. The van der Waals surface area contributed by atoms with E-state index in [-0.39, 0.29) is 5.56 Å². The first-order valence-corrected chi connectivity index (χ1v) is 10.2. The van der Waals surface area contributed by atoms with Crippen LogP contribution in [0.3, 0.4) is 0 Å². The number of H-pyrrole nitrogens is 1. The minimum absolute atomic E-state index is 0.0194. The first-order chi connectivity index (χ1) is 12.2. The highest BCUT2D eigenvalue weighted by atomic mass is 32.2. The van der Waals surface area contributed by atoms with E-state index in [1.54, 1.807) is 30.2 Å². The van der Waals surface area contributed by atoms with E-state index in [1.807, 2.05) is 36.6 Å². The molecule has 0 saturated heterocycles. The quantitative estimate of drug-likeness (QED) is 0.742. The molecule has 0 spiro atoms. The van der Waals surface area contributed by atoms with Gasteiger partial charge in [-0.25, -0.2) is 4.98 Å². The number of aromatic nitrogens is 2. The zero-order valence-electron chi connectivity index (χ0n) is 14.1. The Labute approximate surface area is 154 Å². The lowest BCUT2D eigenvalue weighted by molar-refractivity contribution is 0.415. The summed E-state index contributed by atoms with van der Waals surface area (Å²) >= 11 is 3.25. The average molecular weight is 370 g/mol. The van der Waals surface area contributed by atoms with Crippen LogP contribution in [0.1, 0.15) is 28.2 Å². The molecule has 0 saturated carbocycles. The monoisotopic (exact) mass is 370 g/mol. The van der Waals surface area contributed by atoms with Gasteiger partial charge in [0.25, 0.3) is 5.56 Å². The number of ether oxygens (including phenoxy) is 1. The van der Waals surface area contributed by atoms with Crippen LogP contribution in [0.25, 0.3) is 21.2 Å². The Bertz CT molecular complexity index is 1020. The Kier molecular flexibility index (Phi) is 4.39. The first-order valence-electron chi connectivity index (χ1n) is 8.14. The summed E-state index contributed by atoms with van der Waals surface area (Å²) in [5, 5.41) is 0.797. The number of nitrogens with zero attached hydrogens (tertiary/aromatic N) is 1. The van der Waals surface area contributed by atoms with Gasteiger partial charge in [0.1, 0.15) is 16.4 Å². The minimum atomic E-state index is -0.0194.